The number of nitrogens with zero attached hydrogens (tertiary/aromatic N) is 6. The van der Waals surface area contributed by atoms with E-state index < -0.39 is 45.0 Å². The molecule has 0 spiro atoms. The quantitative estimate of drug-likeness (QED) is 0.0566. The number of nitrogens with two attached hydrogens (primary N) is 1. The Labute approximate surface area is 353 Å². The maximum absolute atomic E-state index is 12.5. The highest BCUT2D eigenvalue weighted by Crippen LogP contribution is 2.29. The Morgan fingerprint density at radius 2 is 0.726 bits per heavy atom. The van der Waals surface area contributed by atoms with Crippen LogP contribution >= 0.6 is 0 Å². The average molecular weight is 894 g/mol. The SMILES string of the molecule is Nc1nc(Nc2ccccc2)nc(Nc2ccc(/C=C/c3ccc(Nc4nc(Nc5ccccc5)nc(Nc5ccc(S(=O)(=O)[O-])cc5)n4)cc3S(=O)(=O)[O-])c(S(=O)(=O)[O-])c2)n1. The number of benzene rings is 5. The maximum Gasteiger partial charge on any atom is 0.233 e. The third kappa shape index (κ3) is 11.2. The summed E-state index contributed by atoms with van der Waals surface area (Å²) in [6, 6.07) is 29.9. The van der Waals surface area contributed by atoms with E-state index >= 15 is 0 Å². The lowest BCUT2D eigenvalue weighted by molar-refractivity contribution is 0.460. The molecule has 7 rings (SSSR count). The lowest BCUT2D eigenvalue weighted by Gasteiger charge is -2.16. The van der Waals surface area contributed by atoms with E-state index in [1.807, 2.05) is 6.07 Å². The smallest absolute Gasteiger partial charge is 0.233 e. The predicted molar refractivity (Wildman–Crippen MR) is 226 cm³/mol. The first-order chi connectivity index (χ1) is 29.4. The highest BCUT2D eigenvalue weighted by Gasteiger charge is 2.15. The van der Waals surface area contributed by atoms with E-state index in [1.54, 1.807) is 54.6 Å². The maximum atomic E-state index is 12.5. The fourth-order valence-electron chi connectivity index (χ4n) is 5.55. The molecule has 0 saturated heterocycles. The Bertz CT molecular complexity index is 3150. The van der Waals surface area contributed by atoms with Crippen molar-refractivity contribution in [3.05, 3.63) is 132 Å². The predicted octanol–water partition coefficient (Wildman–Crippen LogP) is 5.24. The van der Waals surface area contributed by atoms with Gasteiger partial charge in [0.15, 0.2) is 0 Å². The number of hydrogen-bond acceptors (Lipinski definition) is 21. The van der Waals surface area contributed by atoms with Crippen LogP contribution in [0.15, 0.2) is 136 Å². The fraction of sp³-hybridized carbons (Fsp3) is 0. The minimum absolute atomic E-state index is 0.0128. The minimum atomic E-state index is -5.18. The molecule has 0 unspecified atom stereocenters. The molecule has 316 valence electrons. The Hall–Kier alpha value is -7.61. The molecular formula is C38H29N12O9S3-3. The normalized spacial score (nSPS) is 11.9. The van der Waals surface area contributed by atoms with Crippen LogP contribution in [0.1, 0.15) is 11.1 Å². The van der Waals surface area contributed by atoms with E-state index in [4.69, 9.17) is 5.73 Å². The molecule has 0 bridgehead atoms. The highest BCUT2D eigenvalue weighted by molar-refractivity contribution is 7.86. The van der Waals surface area contributed by atoms with Gasteiger partial charge in [0.1, 0.15) is 30.4 Å². The van der Waals surface area contributed by atoms with Crippen LogP contribution < -0.4 is 32.3 Å². The van der Waals surface area contributed by atoms with Gasteiger partial charge in [0.05, 0.1) is 14.7 Å². The van der Waals surface area contributed by atoms with Crippen LogP contribution in [0.25, 0.3) is 12.2 Å². The molecule has 0 radical (unpaired) electrons. The van der Waals surface area contributed by atoms with E-state index in [9.17, 15) is 38.9 Å². The third-order valence-electron chi connectivity index (χ3n) is 8.27. The first-order valence-corrected chi connectivity index (χ1v) is 21.8. The first-order valence-electron chi connectivity index (χ1n) is 17.6. The molecule has 2 heterocycles. The standard InChI is InChI=1S/C38H32N12O9S3/c39-33-45-34(40-25-7-3-1-4-8-25)47-35(46-33)43-28-15-13-23(31(21-28)61(54,55)56)11-12-24-14-16-29(22-32(24)62(57,58)59)44-38-49-36(41-26-9-5-2-6-10-26)48-37(50-38)42-27-17-19-30(20-18-27)60(51,52)53/h1-22H,(H,51,52,53)(H,54,55,56)(H,57,58,59)(H4,39,40,43,45,46,47)(H3,41,42,44,48,49,50)/p-3/b12-11+. The number of hydrogen-bond donors (Lipinski definition) is 6. The van der Waals surface area contributed by atoms with E-state index in [0.29, 0.717) is 17.1 Å². The summed E-state index contributed by atoms with van der Waals surface area (Å²) in [5.41, 5.74) is 7.21. The molecule has 24 heteroatoms. The molecule has 0 aliphatic rings. The van der Waals surface area contributed by atoms with Gasteiger partial charge in [-0.1, -0.05) is 60.7 Å². The first kappa shape index (κ1) is 42.5. The van der Waals surface area contributed by atoms with Crippen molar-refractivity contribution in [1.29, 1.82) is 0 Å². The van der Waals surface area contributed by atoms with Gasteiger partial charge >= 0.3 is 0 Å². The zero-order valence-electron chi connectivity index (χ0n) is 31.4. The molecule has 21 nitrogen and oxygen atoms in total. The molecule has 7 N–H and O–H groups in total. The topological polar surface area (TPSA) is 335 Å². The lowest BCUT2D eigenvalue weighted by Crippen LogP contribution is -2.08. The van der Waals surface area contributed by atoms with Crippen LogP contribution in [0.5, 0.6) is 0 Å². The summed E-state index contributed by atoms with van der Waals surface area (Å²) in [6.07, 6.45) is 2.30. The monoisotopic (exact) mass is 893 g/mol. The van der Waals surface area contributed by atoms with Gasteiger partial charge in [-0.05, 0) is 83.9 Å². The zero-order chi connectivity index (χ0) is 44.1. The molecule has 0 atom stereocenters. The third-order valence-corrected chi connectivity index (χ3v) is 10.9. The highest BCUT2D eigenvalue weighted by atomic mass is 32.2. The largest absolute Gasteiger partial charge is 0.744 e. The van der Waals surface area contributed by atoms with Crippen molar-refractivity contribution in [2.24, 2.45) is 0 Å². The Morgan fingerprint density at radius 1 is 0.403 bits per heavy atom. The van der Waals surface area contributed by atoms with Gasteiger partial charge in [-0.25, -0.2) is 25.3 Å². The van der Waals surface area contributed by atoms with Gasteiger partial charge in [-0.3, -0.25) is 0 Å². The summed E-state index contributed by atoms with van der Waals surface area (Å²) in [5, 5.41) is 14.5. The second-order valence-corrected chi connectivity index (χ2v) is 16.8. The average Bonchev–Trinajstić information content (AvgIpc) is 3.20. The van der Waals surface area contributed by atoms with E-state index in [2.05, 4.69) is 56.5 Å². The van der Waals surface area contributed by atoms with Crippen molar-refractivity contribution in [2.75, 3.05) is 32.3 Å². The second kappa shape index (κ2) is 17.5. The molecule has 7 aromatic rings. The van der Waals surface area contributed by atoms with E-state index in [0.717, 1.165) is 36.4 Å². The lowest BCUT2D eigenvalue weighted by atomic mass is 10.1. The van der Waals surface area contributed by atoms with Gasteiger partial charge in [0.2, 0.25) is 35.7 Å². The summed E-state index contributed by atoms with van der Waals surface area (Å²) in [4.78, 5) is 23.4. The van der Waals surface area contributed by atoms with Crippen LogP contribution in [-0.4, -0.2) is 68.8 Å². The van der Waals surface area contributed by atoms with Crippen molar-refractivity contribution in [1.82, 2.24) is 29.9 Å². The Balaban J connectivity index is 1.15. The minimum Gasteiger partial charge on any atom is -0.744 e. The van der Waals surface area contributed by atoms with Gasteiger partial charge < -0.3 is 46.0 Å². The van der Waals surface area contributed by atoms with E-state index in [1.165, 1.54) is 36.4 Å². The summed E-state index contributed by atoms with van der Waals surface area (Å²) in [7, 11) is -15.0. The second-order valence-electron chi connectivity index (χ2n) is 12.7. The number of nitrogen functional groups attached to an aromatic ring is 1. The van der Waals surface area contributed by atoms with Crippen LogP contribution in [-0.2, 0) is 30.4 Å². The molecule has 5 aromatic carbocycles. The van der Waals surface area contributed by atoms with Crippen LogP contribution in [0.4, 0.5) is 64.1 Å². The number of rotatable bonds is 15. The van der Waals surface area contributed by atoms with Crippen LogP contribution in [0, 0.1) is 0 Å². The van der Waals surface area contributed by atoms with Crippen LogP contribution in [0.2, 0.25) is 0 Å². The van der Waals surface area contributed by atoms with E-state index in [-0.39, 0.29) is 58.2 Å². The van der Waals surface area contributed by atoms with Crippen molar-refractivity contribution in [3.63, 3.8) is 0 Å². The van der Waals surface area contributed by atoms with Crippen LogP contribution in [0.3, 0.4) is 0 Å². The van der Waals surface area contributed by atoms with Gasteiger partial charge in [0.25, 0.3) is 0 Å². The molecular weight excluding hydrogens is 865 g/mol. The van der Waals surface area contributed by atoms with Gasteiger partial charge in [-0.15, -0.1) is 0 Å². The van der Waals surface area contributed by atoms with Crippen molar-refractivity contribution in [3.8, 4) is 0 Å². The zero-order valence-corrected chi connectivity index (χ0v) is 33.8. The molecule has 0 fully saturated rings. The summed E-state index contributed by atoms with van der Waals surface area (Å²) in [5.74, 6) is -0.354. The number of para-hydroxylation sites is 2. The fourth-order valence-corrected chi connectivity index (χ4v) is 7.41. The summed E-state index contributed by atoms with van der Waals surface area (Å²) >= 11 is 0. The molecule has 62 heavy (non-hydrogen) atoms. The number of anilines is 11. The molecule has 0 aliphatic carbocycles. The molecule has 0 amide bonds. The molecule has 2 aromatic heterocycles. The van der Waals surface area contributed by atoms with Gasteiger partial charge in [0, 0.05) is 28.4 Å². The molecule has 0 saturated carbocycles. The Morgan fingerprint density at radius 3 is 1.08 bits per heavy atom. The van der Waals surface area contributed by atoms with Crippen molar-refractivity contribution < 1.29 is 38.9 Å². The van der Waals surface area contributed by atoms with Crippen molar-refractivity contribution in [2.45, 2.75) is 14.7 Å². The molecule has 0 aliphatic heterocycles. The Kier molecular flexibility index (Phi) is 12.0. The number of aromatic nitrogens is 6. The van der Waals surface area contributed by atoms with Gasteiger partial charge in [-0.2, -0.15) is 29.9 Å². The number of nitrogens with one attached hydrogen (secondary N) is 5. The summed E-state index contributed by atoms with van der Waals surface area (Å²) < 4.78 is 109. The van der Waals surface area contributed by atoms with Crippen molar-refractivity contribution >= 4 is 107 Å². The summed E-state index contributed by atoms with van der Waals surface area (Å²) in [6.45, 7) is 0.